The molecule has 2 heteroatoms. The van der Waals surface area contributed by atoms with Gasteiger partial charge in [0.2, 0.25) is 0 Å². The molecule has 0 radical (unpaired) electrons. The smallest absolute Gasteiger partial charge is 0.104 e. The molecule has 3 rings (SSSR count). The van der Waals surface area contributed by atoms with Gasteiger partial charge in [-0.2, -0.15) is 0 Å². The first-order valence-corrected chi connectivity index (χ1v) is 7.61. The summed E-state index contributed by atoms with van der Waals surface area (Å²) in [7, 11) is 0. The third-order valence-electron chi connectivity index (χ3n) is 4.11. The predicted octanol–water partition coefficient (Wildman–Crippen LogP) is 3.74. The van der Waals surface area contributed by atoms with Crippen molar-refractivity contribution in [3.63, 3.8) is 0 Å². The topological polar surface area (TPSA) is 25.2 Å². The van der Waals surface area contributed by atoms with E-state index in [9.17, 15) is 0 Å². The number of rotatable bonds is 7. The van der Waals surface area contributed by atoms with Gasteiger partial charge >= 0.3 is 0 Å². The zero-order valence-electron chi connectivity index (χ0n) is 12.1. The Morgan fingerprint density at radius 2 is 2.00 bits per heavy atom. The Hall–Kier alpha value is -1.54. The maximum absolute atomic E-state index is 5.53. The molecule has 1 heterocycles. The fourth-order valence-electron chi connectivity index (χ4n) is 2.70. The largest absolute Gasteiger partial charge is 0.469 e. The average Bonchev–Trinajstić information content (AvgIpc) is 3.15. The Kier molecular flexibility index (Phi) is 4.22. The van der Waals surface area contributed by atoms with Gasteiger partial charge < -0.3 is 9.73 Å². The van der Waals surface area contributed by atoms with Crippen LogP contribution in [0.5, 0.6) is 0 Å². The molecule has 2 nitrogen and oxygen atoms in total. The number of nitrogens with one attached hydrogen (secondary N) is 1. The third kappa shape index (κ3) is 3.73. The van der Waals surface area contributed by atoms with Crippen molar-refractivity contribution >= 4 is 0 Å². The lowest BCUT2D eigenvalue weighted by molar-refractivity contribution is 0.413. The van der Waals surface area contributed by atoms with Gasteiger partial charge in [-0.25, -0.2) is 0 Å². The first-order chi connectivity index (χ1) is 9.81. The molecular formula is C18H23NO. The fraction of sp³-hybridized carbons (Fsp3) is 0.444. The number of furan rings is 1. The average molecular weight is 269 g/mol. The van der Waals surface area contributed by atoms with Crippen molar-refractivity contribution in [2.24, 2.45) is 5.92 Å². The molecule has 1 saturated carbocycles. The Labute approximate surface area is 121 Å². The standard InChI is InChI=1S/C18H23NO/c1-14-5-2-3-6-16(14)11-15(13-19-17-8-9-17)12-18-7-4-10-20-18/h2-7,10,15,17,19H,8-9,11-13H2,1H3. The third-order valence-corrected chi connectivity index (χ3v) is 4.11. The number of hydrogen-bond acceptors (Lipinski definition) is 2. The Bertz CT molecular complexity index is 528. The molecule has 20 heavy (non-hydrogen) atoms. The van der Waals surface area contributed by atoms with Crippen LogP contribution in [-0.2, 0) is 12.8 Å². The van der Waals surface area contributed by atoms with Gasteiger partial charge in [-0.1, -0.05) is 24.3 Å². The summed E-state index contributed by atoms with van der Waals surface area (Å²) in [5.74, 6) is 1.70. The zero-order chi connectivity index (χ0) is 13.8. The molecule has 1 aromatic carbocycles. The second-order valence-corrected chi connectivity index (χ2v) is 5.96. The predicted molar refractivity (Wildman–Crippen MR) is 81.8 cm³/mol. The molecule has 0 saturated heterocycles. The van der Waals surface area contributed by atoms with E-state index in [4.69, 9.17) is 4.42 Å². The van der Waals surface area contributed by atoms with Crippen molar-refractivity contribution < 1.29 is 4.42 Å². The summed E-state index contributed by atoms with van der Waals surface area (Å²) in [6.07, 6.45) is 6.60. The summed E-state index contributed by atoms with van der Waals surface area (Å²) in [5, 5.41) is 3.67. The summed E-state index contributed by atoms with van der Waals surface area (Å²) in [6, 6.07) is 13.5. The Morgan fingerprint density at radius 3 is 2.70 bits per heavy atom. The summed E-state index contributed by atoms with van der Waals surface area (Å²) in [6.45, 7) is 3.29. The van der Waals surface area contributed by atoms with Gasteiger partial charge in [-0.3, -0.25) is 0 Å². The van der Waals surface area contributed by atoms with Crippen LogP contribution in [0.2, 0.25) is 0 Å². The molecule has 0 bridgehead atoms. The molecule has 1 N–H and O–H groups in total. The molecule has 0 spiro atoms. The van der Waals surface area contributed by atoms with E-state index >= 15 is 0 Å². The van der Waals surface area contributed by atoms with E-state index in [-0.39, 0.29) is 0 Å². The van der Waals surface area contributed by atoms with Crippen molar-refractivity contribution in [2.75, 3.05) is 6.54 Å². The van der Waals surface area contributed by atoms with Crippen LogP contribution in [0, 0.1) is 12.8 Å². The second-order valence-electron chi connectivity index (χ2n) is 5.96. The maximum atomic E-state index is 5.53. The highest BCUT2D eigenvalue weighted by molar-refractivity contribution is 5.26. The van der Waals surface area contributed by atoms with Gasteiger partial charge in [0.25, 0.3) is 0 Å². The van der Waals surface area contributed by atoms with Crippen LogP contribution in [0.4, 0.5) is 0 Å². The summed E-state index contributed by atoms with van der Waals surface area (Å²) in [5.41, 5.74) is 2.85. The monoisotopic (exact) mass is 269 g/mol. The van der Waals surface area contributed by atoms with E-state index in [0.717, 1.165) is 31.2 Å². The van der Waals surface area contributed by atoms with Crippen LogP contribution in [0.15, 0.2) is 47.1 Å². The Morgan fingerprint density at radius 1 is 1.15 bits per heavy atom. The van der Waals surface area contributed by atoms with Crippen LogP contribution in [-0.4, -0.2) is 12.6 Å². The maximum Gasteiger partial charge on any atom is 0.104 e. The van der Waals surface area contributed by atoms with Crippen molar-refractivity contribution in [1.82, 2.24) is 5.32 Å². The van der Waals surface area contributed by atoms with E-state index < -0.39 is 0 Å². The van der Waals surface area contributed by atoms with Crippen LogP contribution >= 0.6 is 0 Å². The van der Waals surface area contributed by atoms with E-state index in [1.165, 1.54) is 24.0 Å². The molecule has 0 amide bonds. The molecule has 0 aliphatic heterocycles. The number of aryl methyl sites for hydroxylation is 1. The molecule has 1 aliphatic carbocycles. The van der Waals surface area contributed by atoms with E-state index in [1.807, 2.05) is 6.07 Å². The minimum atomic E-state index is 0.600. The lowest BCUT2D eigenvalue weighted by Gasteiger charge is -2.18. The molecule has 1 aromatic heterocycles. The highest BCUT2D eigenvalue weighted by Crippen LogP contribution is 2.21. The van der Waals surface area contributed by atoms with E-state index in [1.54, 1.807) is 6.26 Å². The molecular weight excluding hydrogens is 246 g/mol. The molecule has 1 fully saturated rings. The summed E-state index contributed by atoms with van der Waals surface area (Å²) >= 11 is 0. The van der Waals surface area contributed by atoms with E-state index in [2.05, 4.69) is 42.6 Å². The minimum absolute atomic E-state index is 0.600. The van der Waals surface area contributed by atoms with Crippen molar-refractivity contribution in [3.05, 3.63) is 59.5 Å². The summed E-state index contributed by atoms with van der Waals surface area (Å²) in [4.78, 5) is 0. The quantitative estimate of drug-likeness (QED) is 0.828. The van der Waals surface area contributed by atoms with Crippen LogP contribution in [0.25, 0.3) is 0 Å². The van der Waals surface area contributed by atoms with Crippen LogP contribution < -0.4 is 5.32 Å². The van der Waals surface area contributed by atoms with Crippen molar-refractivity contribution in [1.29, 1.82) is 0 Å². The Balaban J connectivity index is 1.65. The first kappa shape index (κ1) is 13.4. The molecule has 1 aliphatic rings. The van der Waals surface area contributed by atoms with Gasteiger partial charge in [0.15, 0.2) is 0 Å². The van der Waals surface area contributed by atoms with E-state index in [0.29, 0.717) is 5.92 Å². The second kappa shape index (κ2) is 6.27. The van der Waals surface area contributed by atoms with Gasteiger partial charge in [0, 0.05) is 12.5 Å². The zero-order valence-corrected chi connectivity index (χ0v) is 12.1. The molecule has 2 aromatic rings. The molecule has 106 valence electrons. The molecule has 1 unspecified atom stereocenters. The van der Waals surface area contributed by atoms with Gasteiger partial charge in [0.05, 0.1) is 6.26 Å². The van der Waals surface area contributed by atoms with Crippen molar-refractivity contribution in [2.45, 2.75) is 38.6 Å². The van der Waals surface area contributed by atoms with Crippen LogP contribution in [0.1, 0.15) is 29.7 Å². The number of hydrogen-bond donors (Lipinski definition) is 1. The SMILES string of the molecule is Cc1ccccc1CC(CNC1CC1)Cc1ccco1. The highest BCUT2D eigenvalue weighted by atomic mass is 16.3. The normalized spacial score (nSPS) is 16.2. The van der Waals surface area contributed by atoms with Gasteiger partial charge in [-0.05, 0) is 61.9 Å². The first-order valence-electron chi connectivity index (χ1n) is 7.61. The molecule has 1 atom stereocenters. The minimum Gasteiger partial charge on any atom is -0.469 e. The lowest BCUT2D eigenvalue weighted by atomic mass is 9.92. The van der Waals surface area contributed by atoms with Gasteiger partial charge in [-0.15, -0.1) is 0 Å². The van der Waals surface area contributed by atoms with Gasteiger partial charge in [0.1, 0.15) is 5.76 Å². The van der Waals surface area contributed by atoms with Crippen molar-refractivity contribution in [3.8, 4) is 0 Å². The summed E-state index contributed by atoms with van der Waals surface area (Å²) < 4.78 is 5.53. The lowest BCUT2D eigenvalue weighted by Crippen LogP contribution is -2.27. The van der Waals surface area contributed by atoms with Crippen LogP contribution in [0.3, 0.4) is 0 Å². The fourth-order valence-corrected chi connectivity index (χ4v) is 2.70. The highest BCUT2D eigenvalue weighted by Gasteiger charge is 2.22. The number of benzene rings is 1.